The molecule has 1 fully saturated rings. The summed E-state index contributed by atoms with van der Waals surface area (Å²) < 4.78 is 38.5. The second-order valence-electron chi connectivity index (χ2n) is 5.52. The van der Waals surface area contributed by atoms with Crippen molar-refractivity contribution < 1.29 is 13.2 Å². The predicted octanol–water partition coefficient (Wildman–Crippen LogP) is 3.43. The second-order valence-corrected chi connectivity index (χ2v) is 5.52. The van der Waals surface area contributed by atoms with Crippen LogP contribution in [-0.2, 0) is 0 Å². The van der Waals surface area contributed by atoms with E-state index in [2.05, 4.69) is 19.2 Å². The largest absolute Gasteiger partial charge is 0.393 e. The Balaban J connectivity index is 2.52. The smallest absolute Gasteiger partial charge is 0.315 e. The second kappa shape index (κ2) is 8.10. The van der Waals surface area contributed by atoms with Crippen molar-refractivity contribution in [2.24, 2.45) is 5.92 Å². The van der Waals surface area contributed by atoms with Crippen molar-refractivity contribution in [1.29, 1.82) is 0 Å². The number of piperidine rings is 1. The number of rotatable bonds is 7. The lowest BCUT2D eigenvalue weighted by Crippen LogP contribution is -2.49. The summed E-state index contributed by atoms with van der Waals surface area (Å²) >= 11 is 0. The molecule has 1 aliphatic rings. The zero-order valence-corrected chi connectivity index (χ0v) is 12.1. The lowest BCUT2D eigenvalue weighted by atomic mass is 9.95. The fourth-order valence-electron chi connectivity index (χ4n) is 2.80. The summed E-state index contributed by atoms with van der Waals surface area (Å²) in [5.41, 5.74) is 0. The number of alkyl halides is 3. The summed E-state index contributed by atoms with van der Waals surface area (Å²) in [4.78, 5) is 2.05. The topological polar surface area (TPSA) is 15.3 Å². The van der Waals surface area contributed by atoms with Gasteiger partial charge in [-0.25, -0.2) is 0 Å². The predicted molar refractivity (Wildman–Crippen MR) is 72.2 cm³/mol. The summed E-state index contributed by atoms with van der Waals surface area (Å²) in [6.45, 7) is 6.94. The maximum Gasteiger partial charge on any atom is 0.393 e. The fourth-order valence-corrected chi connectivity index (χ4v) is 2.80. The Morgan fingerprint density at radius 2 is 2.00 bits per heavy atom. The Hall–Kier alpha value is -0.290. The molecule has 0 aliphatic carbocycles. The zero-order valence-electron chi connectivity index (χ0n) is 12.1. The molecular formula is C14H27F3N2. The molecule has 19 heavy (non-hydrogen) atoms. The van der Waals surface area contributed by atoms with E-state index in [1.54, 1.807) is 0 Å². The van der Waals surface area contributed by atoms with Gasteiger partial charge >= 0.3 is 6.18 Å². The minimum atomic E-state index is -4.04. The van der Waals surface area contributed by atoms with Gasteiger partial charge in [-0.15, -0.1) is 0 Å². The van der Waals surface area contributed by atoms with E-state index in [0.29, 0.717) is 12.8 Å². The average Bonchev–Trinajstić information content (AvgIpc) is 2.37. The minimum Gasteiger partial charge on any atom is -0.315 e. The van der Waals surface area contributed by atoms with Gasteiger partial charge in [0.05, 0.1) is 5.92 Å². The third-order valence-corrected chi connectivity index (χ3v) is 3.86. The van der Waals surface area contributed by atoms with Crippen molar-refractivity contribution in [3.05, 3.63) is 0 Å². The summed E-state index contributed by atoms with van der Waals surface area (Å²) in [5, 5.41) is 3.35. The van der Waals surface area contributed by atoms with Crippen LogP contribution in [0, 0.1) is 5.92 Å². The molecule has 1 rings (SSSR count). The van der Waals surface area contributed by atoms with Crippen LogP contribution in [0.25, 0.3) is 0 Å². The molecule has 0 amide bonds. The quantitative estimate of drug-likeness (QED) is 0.719. The van der Waals surface area contributed by atoms with Gasteiger partial charge in [0.15, 0.2) is 0 Å². The summed E-state index contributed by atoms with van der Waals surface area (Å²) in [5.74, 6) is -1.13. The van der Waals surface area contributed by atoms with Gasteiger partial charge < -0.3 is 5.32 Å². The average molecular weight is 280 g/mol. The van der Waals surface area contributed by atoms with E-state index in [1.165, 1.54) is 0 Å². The SMILES string of the molecule is CCCNCC(CCC)N1CCCC(C(F)(F)F)C1. The van der Waals surface area contributed by atoms with Crippen LogP contribution in [0.15, 0.2) is 0 Å². The third-order valence-electron chi connectivity index (χ3n) is 3.86. The molecule has 114 valence electrons. The van der Waals surface area contributed by atoms with E-state index in [9.17, 15) is 13.2 Å². The highest BCUT2D eigenvalue weighted by Gasteiger charge is 2.42. The van der Waals surface area contributed by atoms with Crippen LogP contribution in [-0.4, -0.2) is 43.3 Å². The van der Waals surface area contributed by atoms with Crippen molar-refractivity contribution in [2.75, 3.05) is 26.2 Å². The van der Waals surface area contributed by atoms with Crippen LogP contribution in [0.4, 0.5) is 13.2 Å². The van der Waals surface area contributed by atoms with E-state index < -0.39 is 12.1 Å². The first-order chi connectivity index (χ1) is 8.99. The standard InChI is InChI=1S/C14H27F3N2/c1-3-6-13(10-18-8-4-2)19-9-5-7-12(11-19)14(15,16)17/h12-13,18H,3-11H2,1-2H3. The molecule has 0 aromatic heterocycles. The molecule has 1 N–H and O–H groups in total. The van der Waals surface area contributed by atoms with Gasteiger partial charge in [0.25, 0.3) is 0 Å². The monoisotopic (exact) mass is 280 g/mol. The Labute approximate surface area is 114 Å². The van der Waals surface area contributed by atoms with Gasteiger partial charge in [-0.1, -0.05) is 20.3 Å². The Kier molecular flexibility index (Phi) is 7.15. The molecule has 0 saturated carbocycles. The molecule has 1 saturated heterocycles. The van der Waals surface area contributed by atoms with Crippen molar-refractivity contribution >= 4 is 0 Å². The van der Waals surface area contributed by atoms with Crippen LogP contribution in [0.5, 0.6) is 0 Å². The molecule has 0 spiro atoms. The van der Waals surface area contributed by atoms with E-state index in [1.807, 2.05) is 4.90 Å². The number of nitrogens with zero attached hydrogens (tertiary/aromatic N) is 1. The molecule has 2 atom stereocenters. The van der Waals surface area contributed by atoms with Crippen molar-refractivity contribution in [2.45, 2.75) is 58.2 Å². The summed E-state index contributed by atoms with van der Waals surface area (Å²) in [7, 11) is 0. The molecule has 1 heterocycles. The van der Waals surface area contributed by atoms with E-state index in [0.717, 1.165) is 38.9 Å². The first-order valence-corrected chi connectivity index (χ1v) is 7.50. The van der Waals surface area contributed by atoms with E-state index in [-0.39, 0.29) is 12.6 Å². The van der Waals surface area contributed by atoms with Crippen LogP contribution in [0.1, 0.15) is 46.0 Å². The number of halogens is 3. The lowest BCUT2D eigenvalue weighted by molar-refractivity contribution is -0.188. The van der Waals surface area contributed by atoms with Crippen LogP contribution >= 0.6 is 0 Å². The maximum atomic E-state index is 12.8. The van der Waals surface area contributed by atoms with Gasteiger partial charge in [-0.05, 0) is 38.8 Å². The first-order valence-electron chi connectivity index (χ1n) is 7.50. The molecule has 2 unspecified atom stereocenters. The summed E-state index contributed by atoms with van der Waals surface area (Å²) in [6, 6.07) is 0.252. The molecule has 2 nitrogen and oxygen atoms in total. The zero-order chi connectivity index (χ0) is 14.3. The minimum absolute atomic E-state index is 0.183. The van der Waals surface area contributed by atoms with Gasteiger partial charge in [-0.3, -0.25) is 4.90 Å². The fraction of sp³-hybridized carbons (Fsp3) is 1.00. The van der Waals surface area contributed by atoms with E-state index in [4.69, 9.17) is 0 Å². The van der Waals surface area contributed by atoms with Crippen molar-refractivity contribution in [3.8, 4) is 0 Å². The van der Waals surface area contributed by atoms with Gasteiger partial charge in [0.2, 0.25) is 0 Å². The number of hydrogen-bond acceptors (Lipinski definition) is 2. The lowest BCUT2D eigenvalue weighted by Gasteiger charge is -2.39. The normalized spacial score (nSPS) is 23.5. The Morgan fingerprint density at radius 1 is 1.26 bits per heavy atom. The van der Waals surface area contributed by atoms with E-state index >= 15 is 0 Å². The Bertz CT molecular complexity index is 243. The Morgan fingerprint density at radius 3 is 2.58 bits per heavy atom. The third kappa shape index (κ3) is 5.69. The van der Waals surface area contributed by atoms with Gasteiger partial charge in [0, 0.05) is 19.1 Å². The van der Waals surface area contributed by atoms with Crippen molar-refractivity contribution in [1.82, 2.24) is 10.2 Å². The molecule has 0 aromatic rings. The molecule has 0 radical (unpaired) electrons. The van der Waals surface area contributed by atoms with Gasteiger partial charge in [-0.2, -0.15) is 13.2 Å². The summed E-state index contributed by atoms with van der Waals surface area (Å²) in [6.07, 6.45) is -0.0251. The number of nitrogens with one attached hydrogen (secondary N) is 1. The maximum absolute atomic E-state index is 12.8. The highest BCUT2D eigenvalue weighted by molar-refractivity contribution is 4.83. The molecule has 1 aliphatic heterocycles. The molecule has 0 bridgehead atoms. The molecule has 5 heteroatoms. The number of likely N-dealkylation sites (tertiary alicyclic amines) is 1. The van der Waals surface area contributed by atoms with Crippen LogP contribution in [0.3, 0.4) is 0 Å². The highest BCUT2D eigenvalue weighted by atomic mass is 19.4. The van der Waals surface area contributed by atoms with Crippen molar-refractivity contribution in [3.63, 3.8) is 0 Å². The van der Waals surface area contributed by atoms with Crippen LogP contribution in [0.2, 0.25) is 0 Å². The first kappa shape index (κ1) is 16.8. The molecular weight excluding hydrogens is 253 g/mol. The van der Waals surface area contributed by atoms with Gasteiger partial charge in [0.1, 0.15) is 0 Å². The van der Waals surface area contributed by atoms with Crippen LogP contribution < -0.4 is 5.32 Å². The highest BCUT2D eigenvalue weighted by Crippen LogP contribution is 2.34. The number of hydrogen-bond donors (Lipinski definition) is 1. The molecule has 0 aromatic carbocycles.